The largest absolute Gasteiger partial charge is 0.496 e. The minimum atomic E-state index is 0.229. The van der Waals surface area contributed by atoms with Gasteiger partial charge >= 0.3 is 0 Å². The molecule has 0 aromatic heterocycles. The number of rotatable bonds is 7. The lowest BCUT2D eigenvalue weighted by Crippen LogP contribution is -2.38. The molecule has 0 amide bonds. The molecular weight excluding hydrogens is 300 g/mol. The maximum atomic E-state index is 6.09. The fraction of sp³-hybridized carbons (Fsp3) is 0.632. The molecule has 2 fully saturated rings. The molecule has 2 aliphatic rings. The zero-order valence-corrected chi connectivity index (χ0v) is 14.7. The first-order chi connectivity index (χ1) is 11.8. The highest BCUT2D eigenvalue weighted by molar-refractivity contribution is 5.77. The number of nitrogens with one attached hydrogen (secondary N) is 1. The Morgan fingerprint density at radius 2 is 2.04 bits per heavy atom. The number of likely N-dealkylation sites (tertiary alicyclic amines) is 1. The van der Waals surface area contributed by atoms with E-state index in [9.17, 15) is 0 Å². The predicted molar refractivity (Wildman–Crippen MR) is 98.4 cm³/mol. The van der Waals surface area contributed by atoms with Crippen LogP contribution in [0.2, 0.25) is 0 Å². The van der Waals surface area contributed by atoms with E-state index < -0.39 is 0 Å². The molecule has 132 valence electrons. The SMILES string of the molecule is COc1ccccc1C(CN=C(N)NCC1CCC1)N1CCCC1. The number of hydrogen-bond acceptors (Lipinski definition) is 3. The van der Waals surface area contributed by atoms with E-state index in [1.807, 2.05) is 12.1 Å². The first-order valence-corrected chi connectivity index (χ1v) is 9.18. The summed E-state index contributed by atoms with van der Waals surface area (Å²) in [5.41, 5.74) is 7.29. The van der Waals surface area contributed by atoms with Gasteiger partial charge in [-0.25, -0.2) is 0 Å². The smallest absolute Gasteiger partial charge is 0.188 e. The fourth-order valence-electron chi connectivity index (χ4n) is 3.59. The minimum absolute atomic E-state index is 0.229. The molecule has 1 aliphatic heterocycles. The maximum Gasteiger partial charge on any atom is 0.188 e. The van der Waals surface area contributed by atoms with Crippen LogP contribution in [0.3, 0.4) is 0 Å². The quantitative estimate of drug-likeness (QED) is 0.596. The third-order valence-corrected chi connectivity index (χ3v) is 5.31. The molecule has 5 nitrogen and oxygen atoms in total. The molecule has 3 N–H and O–H groups in total. The van der Waals surface area contributed by atoms with Crippen LogP contribution < -0.4 is 15.8 Å². The summed E-state index contributed by atoms with van der Waals surface area (Å²) in [6, 6.07) is 8.49. The molecule has 24 heavy (non-hydrogen) atoms. The van der Waals surface area contributed by atoms with E-state index in [4.69, 9.17) is 10.5 Å². The Hall–Kier alpha value is -1.75. The van der Waals surface area contributed by atoms with Gasteiger partial charge in [-0.3, -0.25) is 9.89 Å². The lowest BCUT2D eigenvalue weighted by atomic mass is 9.85. The number of methoxy groups -OCH3 is 1. The summed E-state index contributed by atoms with van der Waals surface area (Å²) in [4.78, 5) is 7.14. The Kier molecular flexibility index (Phi) is 5.96. The van der Waals surface area contributed by atoms with Gasteiger partial charge in [-0.05, 0) is 50.8 Å². The van der Waals surface area contributed by atoms with Crippen LogP contribution in [-0.2, 0) is 0 Å². The van der Waals surface area contributed by atoms with Crippen molar-refractivity contribution in [1.82, 2.24) is 10.2 Å². The van der Waals surface area contributed by atoms with Gasteiger partial charge in [0.1, 0.15) is 5.75 Å². The second-order valence-electron chi connectivity index (χ2n) is 6.90. The number of nitrogens with two attached hydrogens (primary N) is 1. The lowest BCUT2D eigenvalue weighted by Gasteiger charge is -2.28. The van der Waals surface area contributed by atoms with Gasteiger partial charge in [-0.15, -0.1) is 0 Å². The Labute approximate surface area is 145 Å². The molecule has 1 atom stereocenters. The van der Waals surface area contributed by atoms with Crippen molar-refractivity contribution in [1.29, 1.82) is 0 Å². The molecule has 3 rings (SSSR count). The molecule has 1 aromatic rings. The third kappa shape index (κ3) is 4.20. The molecule has 1 saturated heterocycles. The van der Waals surface area contributed by atoms with Crippen molar-refractivity contribution in [2.45, 2.75) is 38.1 Å². The van der Waals surface area contributed by atoms with Crippen LogP contribution in [0.15, 0.2) is 29.3 Å². The second-order valence-corrected chi connectivity index (χ2v) is 6.90. The molecular formula is C19H30N4O. The van der Waals surface area contributed by atoms with E-state index in [0.717, 1.165) is 31.3 Å². The number of benzene rings is 1. The molecule has 0 radical (unpaired) electrons. The van der Waals surface area contributed by atoms with E-state index >= 15 is 0 Å². The van der Waals surface area contributed by atoms with Crippen molar-refractivity contribution in [3.05, 3.63) is 29.8 Å². The molecule has 0 bridgehead atoms. The predicted octanol–water partition coefficient (Wildman–Crippen LogP) is 2.54. The van der Waals surface area contributed by atoms with E-state index in [1.165, 1.54) is 37.7 Å². The average molecular weight is 330 g/mol. The highest BCUT2D eigenvalue weighted by Gasteiger charge is 2.25. The number of aliphatic imine (C=N–C) groups is 1. The van der Waals surface area contributed by atoms with Gasteiger partial charge in [0.15, 0.2) is 5.96 Å². The summed E-state index contributed by atoms with van der Waals surface area (Å²) in [6.45, 7) is 3.86. The summed E-state index contributed by atoms with van der Waals surface area (Å²) >= 11 is 0. The van der Waals surface area contributed by atoms with Crippen molar-refractivity contribution in [3.63, 3.8) is 0 Å². The molecule has 1 aromatic carbocycles. The molecule has 1 heterocycles. The molecule has 1 saturated carbocycles. The van der Waals surface area contributed by atoms with E-state index in [1.54, 1.807) is 7.11 Å². The monoisotopic (exact) mass is 330 g/mol. The number of ether oxygens (including phenoxy) is 1. The first-order valence-electron chi connectivity index (χ1n) is 9.18. The maximum absolute atomic E-state index is 6.09. The number of para-hydroxylation sites is 1. The van der Waals surface area contributed by atoms with E-state index in [0.29, 0.717) is 12.5 Å². The Bertz CT molecular complexity index is 550. The van der Waals surface area contributed by atoms with Gasteiger partial charge in [0, 0.05) is 12.1 Å². The highest BCUT2D eigenvalue weighted by Crippen LogP contribution is 2.31. The number of hydrogen-bond donors (Lipinski definition) is 2. The number of guanidine groups is 1. The van der Waals surface area contributed by atoms with Crippen LogP contribution in [0.5, 0.6) is 5.75 Å². The van der Waals surface area contributed by atoms with Crippen molar-refractivity contribution < 1.29 is 4.74 Å². The molecule has 1 aliphatic carbocycles. The molecule has 0 spiro atoms. The first kappa shape index (κ1) is 17.1. The van der Waals surface area contributed by atoms with Crippen LogP contribution >= 0.6 is 0 Å². The highest BCUT2D eigenvalue weighted by atomic mass is 16.5. The van der Waals surface area contributed by atoms with Gasteiger partial charge in [0.2, 0.25) is 0 Å². The molecule has 1 unspecified atom stereocenters. The fourth-order valence-corrected chi connectivity index (χ4v) is 3.59. The Balaban J connectivity index is 1.67. The van der Waals surface area contributed by atoms with Gasteiger partial charge in [-0.1, -0.05) is 24.6 Å². The van der Waals surface area contributed by atoms with Gasteiger partial charge in [-0.2, -0.15) is 0 Å². The van der Waals surface area contributed by atoms with E-state index in [2.05, 4.69) is 27.3 Å². The normalized spacial score (nSPS) is 20.6. The average Bonchev–Trinajstić information content (AvgIpc) is 3.08. The van der Waals surface area contributed by atoms with Gasteiger partial charge < -0.3 is 15.8 Å². The summed E-state index contributed by atoms with van der Waals surface area (Å²) in [5.74, 6) is 2.29. The van der Waals surface area contributed by atoms with Crippen molar-refractivity contribution in [3.8, 4) is 5.75 Å². The standard InChI is InChI=1S/C19H30N4O/c1-24-18-10-3-2-9-16(18)17(23-11-4-5-12-23)14-22-19(20)21-13-15-7-6-8-15/h2-3,9-10,15,17H,4-8,11-14H2,1H3,(H3,20,21,22). The van der Waals surface area contributed by atoms with Crippen LogP contribution in [0, 0.1) is 5.92 Å². The second kappa shape index (κ2) is 8.38. The van der Waals surface area contributed by atoms with Crippen LogP contribution in [0.4, 0.5) is 0 Å². The van der Waals surface area contributed by atoms with Crippen molar-refractivity contribution in [2.24, 2.45) is 16.6 Å². The Morgan fingerprint density at radius 1 is 1.29 bits per heavy atom. The third-order valence-electron chi connectivity index (χ3n) is 5.31. The van der Waals surface area contributed by atoms with E-state index in [-0.39, 0.29) is 6.04 Å². The van der Waals surface area contributed by atoms with Crippen LogP contribution in [-0.4, -0.2) is 44.1 Å². The van der Waals surface area contributed by atoms with Gasteiger partial charge in [0.05, 0.1) is 19.7 Å². The minimum Gasteiger partial charge on any atom is -0.496 e. The topological polar surface area (TPSA) is 62.9 Å². The zero-order chi connectivity index (χ0) is 16.8. The zero-order valence-electron chi connectivity index (χ0n) is 14.7. The number of nitrogens with zero attached hydrogens (tertiary/aromatic N) is 2. The summed E-state index contributed by atoms with van der Waals surface area (Å²) < 4.78 is 5.57. The lowest BCUT2D eigenvalue weighted by molar-refractivity contribution is 0.245. The van der Waals surface area contributed by atoms with Crippen molar-refractivity contribution >= 4 is 5.96 Å². The molecule has 5 heteroatoms. The summed E-state index contributed by atoms with van der Waals surface area (Å²) in [5, 5.41) is 3.29. The van der Waals surface area contributed by atoms with Crippen LogP contribution in [0.25, 0.3) is 0 Å². The summed E-state index contributed by atoms with van der Waals surface area (Å²) in [7, 11) is 1.73. The van der Waals surface area contributed by atoms with Gasteiger partial charge in [0.25, 0.3) is 0 Å². The Morgan fingerprint density at radius 3 is 2.71 bits per heavy atom. The van der Waals surface area contributed by atoms with Crippen LogP contribution in [0.1, 0.15) is 43.7 Å². The van der Waals surface area contributed by atoms with Crippen molar-refractivity contribution in [2.75, 3.05) is 33.3 Å². The summed E-state index contributed by atoms with van der Waals surface area (Å²) in [6.07, 6.45) is 6.50.